The second kappa shape index (κ2) is 3.98. The Morgan fingerprint density at radius 1 is 1.22 bits per heavy atom. The number of rotatable bonds is 1. The molecule has 96 valence electrons. The summed E-state index contributed by atoms with van der Waals surface area (Å²) in [5.41, 5.74) is -2.18. The quantitative estimate of drug-likeness (QED) is 0.450. The Bertz CT molecular complexity index is 556. The van der Waals surface area contributed by atoms with Crippen LogP contribution in [-0.2, 0) is 11.0 Å². The average molecular weight is 279 g/mol. The van der Waals surface area contributed by atoms with E-state index in [0.29, 0.717) is 4.31 Å². The summed E-state index contributed by atoms with van der Waals surface area (Å²) in [5, 5.41) is 0. The highest BCUT2D eigenvalue weighted by atomic mass is 32.2. The van der Waals surface area contributed by atoms with E-state index in [1.165, 1.54) is 13.0 Å². The average Bonchev–Trinajstić information content (AvgIpc) is 2.49. The van der Waals surface area contributed by atoms with E-state index >= 15 is 0 Å². The fourth-order valence-electron chi connectivity index (χ4n) is 1.77. The van der Waals surface area contributed by atoms with Gasteiger partial charge in [-0.15, -0.1) is 3.89 Å². The third-order valence-corrected chi connectivity index (χ3v) is 2.96. The molecule has 0 aromatic heterocycles. The molecule has 0 N–H and O–H groups in total. The van der Waals surface area contributed by atoms with Crippen molar-refractivity contribution in [1.82, 2.24) is 0 Å². The SMILES string of the molecule is Cc1cc2c(c(C(F)(F)F)c1)C(=O)C(=O)N2SF. The first-order valence-electron chi connectivity index (χ1n) is 4.66. The van der Waals surface area contributed by atoms with Crippen molar-refractivity contribution in [2.45, 2.75) is 13.1 Å². The molecule has 1 heterocycles. The predicted octanol–water partition coefficient (Wildman–Crippen LogP) is 3.08. The normalized spacial score (nSPS) is 15.3. The monoisotopic (exact) mass is 279 g/mol. The molecule has 0 unspecified atom stereocenters. The standard InChI is InChI=1S/C10H5F4NO2S/c1-4-2-5(10(11,12)13)7-6(3-4)15(18-14)9(17)8(7)16/h2-3H,1H3. The fourth-order valence-corrected chi connectivity index (χ4v) is 2.13. The van der Waals surface area contributed by atoms with E-state index in [4.69, 9.17) is 0 Å². The molecule has 0 fully saturated rings. The Labute approximate surface area is 103 Å². The van der Waals surface area contributed by atoms with E-state index in [0.717, 1.165) is 6.07 Å². The largest absolute Gasteiger partial charge is 0.417 e. The van der Waals surface area contributed by atoms with Crippen molar-refractivity contribution in [2.24, 2.45) is 0 Å². The van der Waals surface area contributed by atoms with Gasteiger partial charge in [-0.1, -0.05) is 0 Å². The highest BCUT2D eigenvalue weighted by Gasteiger charge is 2.45. The second-order valence-corrected chi connectivity index (χ2v) is 4.21. The van der Waals surface area contributed by atoms with Gasteiger partial charge in [0.15, 0.2) is 12.3 Å². The van der Waals surface area contributed by atoms with Crippen LogP contribution < -0.4 is 4.31 Å². The molecule has 0 saturated carbocycles. The zero-order valence-corrected chi connectivity index (χ0v) is 9.66. The van der Waals surface area contributed by atoms with Crippen LogP contribution in [-0.4, -0.2) is 11.7 Å². The van der Waals surface area contributed by atoms with E-state index in [1.807, 2.05) is 0 Å². The lowest BCUT2D eigenvalue weighted by Gasteiger charge is -2.13. The van der Waals surface area contributed by atoms with Crippen molar-refractivity contribution in [2.75, 3.05) is 4.31 Å². The van der Waals surface area contributed by atoms with Gasteiger partial charge in [0.2, 0.25) is 0 Å². The number of halogens is 4. The van der Waals surface area contributed by atoms with Crippen LogP contribution in [0.5, 0.6) is 0 Å². The first kappa shape index (κ1) is 12.9. The maximum Gasteiger partial charge on any atom is 0.417 e. The van der Waals surface area contributed by atoms with Crippen molar-refractivity contribution in [3.63, 3.8) is 0 Å². The number of hydrogen-bond acceptors (Lipinski definition) is 3. The molecule has 0 aliphatic carbocycles. The molecule has 0 bridgehead atoms. The van der Waals surface area contributed by atoms with Gasteiger partial charge in [-0.25, -0.2) is 4.31 Å². The van der Waals surface area contributed by atoms with Gasteiger partial charge in [0.1, 0.15) is 0 Å². The number of anilines is 1. The zero-order valence-electron chi connectivity index (χ0n) is 8.84. The third-order valence-electron chi connectivity index (χ3n) is 2.46. The van der Waals surface area contributed by atoms with Gasteiger partial charge in [0.25, 0.3) is 5.78 Å². The van der Waals surface area contributed by atoms with Crippen LogP contribution in [0.4, 0.5) is 22.7 Å². The Kier molecular flexibility index (Phi) is 2.84. The number of carbonyl (C=O) groups is 2. The lowest BCUT2D eigenvalue weighted by Crippen LogP contribution is -2.22. The summed E-state index contributed by atoms with van der Waals surface area (Å²) in [5.74, 6) is -2.66. The maximum absolute atomic E-state index is 12.8. The third kappa shape index (κ3) is 1.76. The molecular formula is C10H5F4NO2S. The Hall–Kier alpha value is -1.57. The van der Waals surface area contributed by atoms with Crippen molar-refractivity contribution in [1.29, 1.82) is 0 Å². The van der Waals surface area contributed by atoms with Crippen molar-refractivity contribution in [3.8, 4) is 0 Å². The molecule has 0 spiro atoms. The first-order valence-corrected chi connectivity index (χ1v) is 5.34. The van der Waals surface area contributed by atoms with Gasteiger partial charge < -0.3 is 0 Å². The van der Waals surface area contributed by atoms with Crippen LogP contribution in [0.3, 0.4) is 0 Å². The number of amides is 1. The lowest BCUT2D eigenvalue weighted by atomic mass is 10.0. The zero-order chi connectivity index (χ0) is 13.7. The van der Waals surface area contributed by atoms with E-state index in [1.54, 1.807) is 0 Å². The number of benzene rings is 1. The summed E-state index contributed by atoms with van der Waals surface area (Å²) < 4.78 is 51.2. The minimum absolute atomic E-state index is 0.183. The molecule has 2 rings (SSSR count). The van der Waals surface area contributed by atoms with E-state index < -0.39 is 41.3 Å². The summed E-state index contributed by atoms with van der Waals surface area (Å²) in [7, 11) is 0. The van der Waals surface area contributed by atoms with E-state index in [-0.39, 0.29) is 11.3 Å². The van der Waals surface area contributed by atoms with E-state index in [2.05, 4.69) is 0 Å². The molecule has 1 aromatic carbocycles. The van der Waals surface area contributed by atoms with Crippen LogP contribution in [0.15, 0.2) is 12.1 Å². The van der Waals surface area contributed by atoms with Crippen molar-refractivity contribution >= 4 is 29.7 Å². The molecular weight excluding hydrogens is 274 g/mol. The molecule has 8 heteroatoms. The Morgan fingerprint density at radius 2 is 1.83 bits per heavy atom. The molecule has 1 aliphatic heterocycles. The molecule has 1 aromatic rings. The Morgan fingerprint density at radius 3 is 2.33 bits per heavy atom. The molecule has 3 nitrogen and oxygen atoms in total. The molecule has 0 saturated heterocycles. The van der Waals surface area contributed by atoms with Crippen LogP contribution in [0.1, 0.15) is 21.5 Å². The summed E-state index contributed by atoms with van der Waals surface area (Å²) in [6.07, 6.45) is -4.77. The van der Waals surface area contributed by atoms with Gasteiger partial charge >= 0.3 is 12.1 Å². The molecule has 0 atom stereocenters. The number of ketones is 1. The number of aryl methyl sites for hydroxylation is 1. The fraction of sp³-hybridized carbons (Fsp3) is 0.200. The minimum Gasteiger partial charge on any atom is -0.283 e. The lowest BCUT2D eigenvalue weighted by molar-refractivity contribution is -0.137. The van der Waals surface area contributed by atoms with Gasteiger partial charge in [-0.2, -0.15) is 13.2 Å². The summed E-state index contributed by atoms with van der Waals surface area (Å²) >= 11 is -0.589. The van der Waals surface area contributed by atoms with Crippen LogP contribution >= 0.6 is 12.3 Å². The van der Waals surface area contributed by atoms with Gasteiger partial charge in [-0.05, 0) is 24.6 Å². The number of fused-ring (bicyclic) bond motifs is 1. The van der Waals surface area contributed by atoms with Crippen LogP contribution in [0.25, 0.3) is 0 Å². The van der Waals surface area contributed by atoms with Crippen molar-refractivity contribution < 1.29 is 26.6 Å². The topological polar surface area (TPSA) is 37.4 Å². The molecule has 18 heavy (non-hydrogen) atoms. The minimum atomic E-state index is -4.77. The van der Waals surface area contributed by atoms with Crippen LogP contribution in [0.2, 0.25) is 0 Å². The highest BCUT2D eigenvalue weighted by molar-refractivity contribution is 7.96. The van der Waals surface area contributed by atoms with Gasteiger partial charge in [0, 0.05) is 0 Å². The summed E-state index contributed by atoms with van der Waals surface area (Å²) in [4.78, 5) is 22.8. The summed E-state index contributed by atoms with van der Waals surface area (Å²) in [6.45, 7) is 1.36. The molecule has 0 radical (unpaired) electrons. The molecule has 1 aliphatic rings. The predicted molar refractivity (Wildman–Crippen MR) is 56.7 cm³/mol. The maximum atomic E-state index is 12.8. The molecule has 1 amide bonds. The van der Waals surface area contributed by atoms with Crippen LogP contribution in [0, 0.1) is 6.92 Å². The number of hydrogen-bond donors (Lipinski definition) is 0. The first-order chi connectivity index (χ1) is 8.27. The van der Waals surface area contributed by atoms with Crippen molar-refractivity contribution in [3.05, 3.63) is 28.8 Å². The smallest absolute Gasteiger partial charge is 0.283 e. The number of alkyl halides is 3. The summed E-state index contributed by atoms with van der Waals surface area (Å²) in [6, 6.07) is 1.93. The number of Topliss-reactive ketones (excluding diaryl/α,β-unsaturated/α-hetero) is 1. The van der Waals surface area contributed by atoms with E-state index in [9.17, 15) is 26.6 Å². The Balaban J connectivity index is 2.76. The number of carbonyl (C=O) groups excluding carboxylic acids is 2. The van der Waals surface area contributed by atoms with Gasteiger partial charge in [0.05, 0.1) is 16.8 Å². The number of nitrogens with zero attached hydrogens (tertiary/aromatic N) is 1. The van der Waals surface area contributed by atoms with Gasteiger partial charge in [-0.3, -0.25) is 9.59 Å². The second-order valence-electron chi connectivity index (χ2n) is 3.70. The highest BCUT2D eigenvalue weighted by Crippen LogP contribution is 2.43.